The molecule has 134 valence electrons. The Hall–Kier alpha value is -1.37. The van der Waals surface area contributed by atoms with E-state index >= 15 is 0 Å². The van der Waals surface area contributed by atoms with Gasteiger partial charge in [0, 0.05) is 31.4 Å². The smallest absolute Gasteiger partial charge is 0.227 e. The summed E-state index contributed by atoms with van der Waals surface area (Å²) >= 11 is 0. The Labute approximate surface area is 145 Å². The van der Waals surface area contributed by atoms with Gasteiger partial charge in [0.1, 0.15) is 5.82 Å². The van der Waals surface area contributed by atoms with E-state index in [-0.39, 0.29) is 17.5 Å². The van der Waals surface area contributed by atoms with E-state index in [0.717, 1.165) is 25.3 Å². The van der Waals surface area contributed by atoms with E-state index in [9.17, 15) is 8.42 Å². The Balaban J connectivity index is 1.83. The zero-order valence-electron chi connectivity index (χ0n) is 14.7. The predicted octanol–water partition coefficient (Wildman–Crippen LogP) is 2.26. The molecular formula is C17H28N4O2S. The van der Waals surface area contributed by atoms with Crippen LogP contribution >= 0.6 is 0 Å². The van der Waals surface area contributed by atoms with Crippen LogP contribution in [0.4, 0.5) is 11.8 Å². The average molecular weight is 353 g/mol. The topological polar surface area (TPSA) is 66.4 Å². The molecule has 24 heavy (non-hydrogen) atoms. The van der Waals surface area contributed by atoms with Crippen molar-refractivity contribution in [1.29, 1.82) is 0 Å². The summed E-state index contributed by atoms with van der Waals surface area (Å²) in [5, 5.41) is 0. The third-order valence-corrected chi connectivity index (χ3v) is 7.02. The quantitative estimate of drug-likeness (QED) is 0.810. The number of aromatic nitrogens is 2. The zero-order valence-corrected chi connectivity index (χ0v) is 15.5. The molecule has 2 atom stereocenters. The van der Waals surface area contributed by atoms with E-state index in [0.29, 0.717) is 18.4 Å². The third kappa shape index (κ3) is 3.66. The molecule has 3 rings (SSSR count). The van der Waals surface area contributed by atoms with Crippen LogP contribution in [0.3, 0.4) is 0 Å². The average Bonchev–Trinajstić information content (AvgIpc) is 2.95. The molecule has 0 radical (unpaired) electrons. The normalized spacial score (nSPS) is 26.5. The molecule has 2 saturated heterocycles. The summed E-state index contributed by atoms with van der Waals surface area (Å²) in [6, 6.07) is 2.53. The van der Waals surface area contributed by atoms with Crippen LogP contribution in [0.5, 0.6) is 0 Å². The van der Waals surface area contributed by atoms with Crippen molar-refractivity contribution in [3.63, 3.8) is 0 Å². The highest BCUT2D eigenvalue weighted by atomic mass is 32.2. The van der Waals surface area contributed by atoms with E-state index in [2.05, 4.69) is 21.7 Å². The lowest BCUT2D eigenvalue weighted by molar-refractivity contribution is 0.446. The van der Waals surface area contributed by atoms with Crippen LogP contribution in [0.2, 0.25) is 0 Å². The molecule has 0 amide bonds. The Bertz CT molecular complexity index is 664. The number of rotatable bonds is 5. The van der Waals surface area contributed by atoms with E-state index in [1.807, 2.05) is 19.2 Å². The number of anilines is 2. The largest absolute Gasteiger partial charge is 0.353 e. The van der Waals surface area contributed by atoms with Gasteiger partial charge in [-0.2, -0.15) is 4.98 Å². The summed E-state index contributed by atoms with van der Waals surface area (Å²) in [7, 11) is -2.91. The second-order valence-electron chi connectivity index (χ2n) is 6.81. The van der Waals surface area contributed by atoms with Gasteiger partial charge in [0.05, 0.1) is 11.5 Å². The van der Waals surface area contributed by atoms with Crippen LogP contribution in [0.15, 0.2) is 12.3 Å². The molecule has 1 aromatic heterocycles. The Morgan fingerprint density at radius 1 is 1.29 bits per heavy atom. The minimum atomic E-state index is -2.91. The van der Waals surface area contributed by atoms with Crippen molar-refractivity contribution in [3.05, 3.63) is 12.3 Å². The van der Waals surface area contributed by atoms with Gasteiger partial charge in [0.15, 0.2) is 9.84 Å². The van der Waals surface area contributed by atoms with Gasteiger partial charge in [-0.25, -0.2) is 13.4 Å². The fourth-order valence-corrected chi connectivity index (χ4v) is 5.68. The van der Waals surface area contributed by atoms with Crippen LogP contribution < -0.4 is 9.80 Å². The molecular weight excluding hydrogens is 324 g/mol. The van der Waals surface area contributed by atoms with Crippen LogP contribution in [-0.2, 0) is 9.84 Å². The highest BCUT2D eigenvalue weighted by Crippen LogP contribution is 2.27. The van der Waals surface area contributed by atoms with Gasteiger partial charge >= 0.3 is 0 Å². The lowest BCUT2D eigenvalue weighted by atomic mass is 10.0. The minimum absolute atomic E-state index is 0.00132. The molecule has 0 aromatic carbocycles. The van der Waals surface area contributed by atoms with Crippen LogP contribution in [0.25, 0.3) is 0 Å². The number of nitrogens with zero attached hydrogens (tertiary/aromatic N) is 4. The fraction of sp³-hybridized carbons (Fsp3) is 0.765. The molecule has 0 N–H and O–H groups in total. The molecule has 2 aliphatic rings. The predicted molar refractivity (Wildman–Crippen MR) is 97.4 cm³/mol. The second-order valence-corrected chi connectivity index (χ2v) is 9.04. The van der Waals surface area contributed by atoms with Gasteiger partial charge in [-0.1, -0.05) is 6.92 Å². The molecule has 3 heterocycles. The maximum Gasteiger partial charge on any atom is 0.227 e. The molecule has 6 nitrogen and oxygen atoms in total. The van der Waals surface area contributed by atoms with E-state index in [4.69, 9.17) is 4.98 Å². The maximum absolute atomic E-state index is 11.8. The first kappa shape index (κ1) is 17.5. The number of sulfone groups is 1. The molecule has 2 aliphatic heterocycles. The maximum atomic E-state index is 11.8. The first-order valence-corrected chi connectivity index (χ1v) is 10.9. The van der Waals surface area contributed by atoms with Crippen molar-refractivity contribution in [2.45, 2.75) is 58.0 Å². The zero-order chi connectivity index (χ0) is 17.2. The molecule has 2 fully saturated rings. The summed E-state index contributed by atoms with van der Waals surface area (Å²) in [5.41, 5.74) is 0. The van der Waals surface area contributed by atoms with Crippen molar-refractivity contribution in [1.82, 2.24) is 9.97 Å². The molecule has 0 bridgehead atoms. The van der Waals surface area contributed by atoms with Crippen molar-refractivity contribution in [2.24, 2.45) is 0 Å². The Morgan fingerprint density at radius 3 is 2.79 bits per heavy atom. The van der Waals surface area contributed by atoms with Gasteiger partial charge in [0.25, 0.3) is 0 Å². The van der Waals surface area contributed by atoms with E-state index < -0.39 is 9.84 Å². The summed E-state index contributed by atoms with van der Waals surface area (Å²) in [6.45, 7) is 6.03. The van der Waals surface area contributed by atoms with Gasteiger partial charge in [-0.3, -0.25) is 0 Å². The van der Waals surface area contributed by atoms with Crippen LogP contribution in [0.1, 0.15) is 46.0 Å². The van der Waals surface area contributed by atoms with Gasteiger partial charge in [0.2, 0.25) is 5.95 Å². The standard InChI is InChI=1S/C17H28N4O2S/c1-3-14-7-5-6-11-21(14)16-8-10-18-17(19-16)20(4-2)15-9-12-24(22,23)13-15/h8,10,14-15H,3-7,9,11-13H2,1-2H3. The number of hydrogen-bond donors (Lipinski definition) is 0. The highest BCUT2D eigenvalue weighted by molar-refractivity contribution is 7.91. The van der Waals surface area contributed by atoms with Crippen LogP contribution in [0, 0.1) is 0 Å². The molecule has 2 unspecified atom stereocenters. The Kier molecular flexibility index (Phi) is 5.27. The second kappa shape index (κ2) is 7.25. The summed E-state index contributed by atoms with van der Waals surface area (Å²) in [5.74, 6) is 2.14. The molecule has 0 spiro atoms. The minimum Gasteiger partial charge on any atom is -0.353 e. The summed E-state index contributed by atoms with van der Waals surface area (Å²) in [4.78, 5) is 13.7. The summed E-state index contributed by atoms with van der Waals surface area (Å²) in [6.07, 6.45) is 7.31. The molecule has 0 saturated carbocycles. The Morgan fingerprint density at radius 2 is 2.12 bits per heavy atom. The van der Waals surface area contributed by atoms with Crippen molar-refractivity contribution >= 4 is 21.6 Å². The highest BCUT2D eigenvalue weighted by Gasteiger charge is 2.33. The lowest BCUT2D eigenvalue weighted by Crippen LogP contribution is -2.41. The third-order valence-electron chi connectivity index (χ3n) is 5.27. The summed E-state index contributed by atoms with van der Waals surface area (Å²) < 4.78 is 23.6. The first-order valence-electron chi connectivity index (χ1n) is 9.10. The van der Waals surface area contributed by atoms with Gasteiger partial charge in [-0.15, -0.1) is 0 Å². The van der Waals surface area contributed by atoms with E-state index in [1.165, 1.54) is 19.3 Å². The fourth-order valence-electron chi connectivity index (χ4n) is 3.95. The molecule has 0 aliphatic carbocycles. The molecule has 7 heteroatoms. The van der Waals surface area contributed by atoms with E-state index in [1.54, 1.807) is 0 Å². The van der Waals surface area contributed by atoms with Gasteiger partial charge in [-0.05, 0) is 45.1 Å². The monoisotopic (exact) mass is 352 g/mol. The first-order chi connectivity index (χ1) is 11.5. The SMILES string of the molecule is CCC1CCCCN1c1ccnc(N(CC)C2CCS(=O)(=O)C2)n1. The van der Waals surface area contributed by atoms with Crippen molar-refractivity contribution in [2.75, 3.05) is 34.4 Å². The van der Waals surface area contributed by atoms with Crippen molar-refractivity contribution < 1.29 is 8.42 Å². The number of hydrogen-bond acceptors (Lipinski definition) is 6. The van der Waals surface area contributed by atoms with Crippen LogP contribution in [-0.4, -0.2) is 55.1 Å². The number of piperidine rings is 1. The van der Waals surface area contributed by atoms with Crippen molar-refractivity contribution in [3.8, 4) is 0 Å². The van der Waals surface area contributed by atoms with Gasteiger partial charge < -0.3 is 9.80 Å². The molecule has 1 aromatic rings. The lowest BCUT2D eigenvalue weighted by Gasteiger charge is -2.36.